The fourth-order valence-corrected chi connectivity index (χ4v) is 3.73. The monoisotopic (exact) mass is 332 g/mol. The summed E-state index contributed by atoms with van der Waals surface area (Å²) in [5.74, 6) is 0.205. The van der Waals surface area contributed by atoms with Crippen LogP contribution in [0.15, 0.2) is 48.5 Å². The van der Waals surface area contributed by atoms with Gasteiger partial charge in [0, 0.05) is 0 Å². The molecule has 0 saturated heterocycles. The van der Waals surface area contributed by atoms with Crippen LogP contribution in [0.5, 0.6) is 5.75 Å². The Balaban J connectivity index is 2.37. The molecule has 0 saturated carbocycles. The average molecular weight is 332 g/mol. The molecule has 0 amide bonds. The first-order chi connectivity index (χ1) is 10.5. The van der Waals surface area contributed by atoms with Crippen LogP contribution < -0.4 is 10.0 Å². The summed E-state index contributed by atoms with van der Waals surface area (Å²) in [5.41, 5.74) is 1.94. The molecule has 0 heterocycles. The van der Waals surface area contributed by atoms with Gasteiger partial charge in [-0.3, -0.25) is 0 Å². The van der Waals surface area contributed by atoms with Crippen LogP contribution in [0.4, 0.5) is 0 Å². The highest BCUT2D eigenvalue weighted by molar-refractivity contribution is 7.63. The minimum atomic E-state index is -0.738. The Labute approximate surface area is 134 Å². The van der Waals surface area contributed by atoms with E-state index in [1.807, 2.05) is 55.2 Å². The molecule has 0 fully saturated rings. The minimum absolute atomic E-state index is 0.486. The minimum Gasteiger partial charge on any atom is -0.484 e. The highest BCUT2D eigenvalue weighted by Crippen LogP contribution is 2.40. The van der Waals surface area contributed by atoms with Gasteiger partial charge in [0.25, 0.3) is 0 Å². The largest absolute Gasteiger partial charge is 0.484 e. The first kappa shape index (κ1) is 16.9. The van der Waals surface area contributed by atoms with Gasteiger partial charge in [0.15, 0.2) is 11.1 Å². The molecule has 114 valence electrons. The van der Waals surface area contributed by atoms with Crippen molar-refractivity contribution in [1.29, 1.82) is 0 Å². The van der Waals surface area contributed by atoms with Gasteiger partial charge in [0.1, 0.15) is 28.4 Å². The highest BCUT2D eigenvalue weighted by Gasteiger charge is 2.27. The van der Waals surface area contributed by atoms with Gasteiger partial charge in [-0.1, -0.05) is 36.4 Å². The maximum Gasteiger partial charge on any atom is 0.241 e. The SMILES string of the molecule is C=[P+](C)c1cccc(C(O)[P+](=C)C)c1OCc1ccccc1. The Morgan fingerprint density at radius 2 is 1.73 bits per heavy atom. The Kier molecular flexibility index (Phi) is 5.91. The van der Waals surface area contributed by atoms with E-state index in [4.69, 9.17) is 4.74 Å². The first-order valence-corrected chi connectivity index (χ1v) is 11.1. The van der Waals surface area contributed by atoms with Crippen LogP contribution in [0.25, 0.3) is 0 Å². The number of aliphatic hydroxyl groups excluding tert-OH is 1. The Bertz CT molecular complexity index is 681. The second-order valence-corrected chi connectivity index (χ2v) is 9.18. The summed E-state index contributed by atoms with van der Waals surface area (Å²) in [5, 5.41) is 11.5. The van der Waals surface area contributed by atoms with Gasteiger partial charge in [0.05, 0.1) is 24.8 Å². The summed E-state index contributed by atoms with van der Waals surface area (Å²) < 4.78 is 6.09. The maximum atomic E-state index is 10.5. The molecular formula is C18H22O2P2+2. The lowest BCUT2D eigenvalue weighted by atomic mass is 10.2. The molecule has 0 aromatic heterocycles. The molecule has 0 spiro atoms. The summed E-state index contributed by atoms with van der Waals surface area (Å²) in [4.78, 5) is 0. The van der Waals surface area contributed by atoms with Crippen LogP contribution in [0.1, 0.15) is 17.0 Å². The zero-order valence-electron chi connectivity index (χ0n) is 13.1. The van der Waals surface area contributed by atoms with Gasteiger partial charge in [-0.2, -0.15) is 0 Å². The summed E-state index contributed by atoms with van der Waals surface area (Å²) in [6.07, 6.45) is 8.16. The fourth-order valence-electron chi connectivity index (χ4n) is 2.17. The van der Waals surface area contributed by atoms with Gasteiger partial charge >= 0.3 is 0 Å². The molecule has 0 radical (unpaired) electrons. The predicted octanol–water partition coefficient (Wildman–Crippen LogP) is 3.97. The standard InChI is InChI=1S/C18H22O2P2/c1-21(2)16-12-8-11-15(18(19)22(3)4)17(16)20-13-14-9-6-5-7-10-14/h5-12,18-19H,1,3,13H2,2,4H3/q+2. The van der Waals surface area contributed by atoms with E-state index >= 15 is 0 Å². The van der Waals surface area contributed by atoms with Crippen molar-refractivity contribution in [3.8, 4) is 5.75 Å². The molecule has 3 atom stereocenters. The van der Waals surface area contributed by atoms with E-state index in [2.05, 4.69) is 19.3 Å². The molecule has 1 N–H and O–H groups in total. The van der Waals surface area contributed by atoms with Crippen molar-refractivity contribution in [2.45, 2.75) is 12.5 Å². The van der Waals surface area contributed by atoms with Gasteiger partial charge in [0.2, 0.25) is 5.85 Å². The van der Waals surface area contributed by atoms with Crippen molar-refractivity contribution in [2.24, 2.45) is 0 Å². The summed E-state index contributed by atoms with van der Waals surface area (Å²) in [6, 6.07) is 16.0. The Morgan fingerprint density at radius 1 is 1.05 bits per heavy atom. The number of para-hydroxylation sites is 1. The molecule has 0 aliphatic heterocycles. The number of hydrogen-bond donors (Lipinski definition) is 1. The van der Waals surface area contributed by atoms with Crippen LogP contribution in [0, 0.1) is 0 Å². The first-order valence-electron chi connectivity index (χ1n) is 7.06. The van der Waals surface area contributed by atoms with Crippen LogP contribution in [-0.2, 0) is 6.61 Å². The zero-order valence-corrected chi connectivity index (χ0v) is 14.9. The number of ether oxygens (including phenoxy) is 1. The van der Waals surface area contributed by atoms with Crippen LogP contribution in [-0.4, -0.2) is 31.0 Å². The van der Waals surface area contributed by atoms with Gasteiger partial charge < -0.3 is 9.84 Å². The third-order valence-corrected chi connectivity index (χ3v) is 5.65. The predicted molar refractivity (Wildman–Crippen MR) is 102 cm³/mol. The summed E-state index contributed by atoms with van der Waals surface area (Å²) >= 11 is 0. The van der Waals surface area contributed by atoms with Crippen LogP contribution in [0.3, 0.4) is 0 Å². The molecule has 0 bridgehead atoms. The van der Waals surface area contributed by atoms with Crippen LogP contribution >= 0.6 is 15.1 Å². The van der Waals surface area contributed by atoms with Crippen molar-refractivity contribution < 1.29 is 9.84 Å². The fraction of sp³-hybridized carbons (Fsp3) is 0.222. The van der Waals surface area contributed by atoms with Crippen LogP contribution in [0.2, 0.25) is 0 Å². The lowest BCUT2D eigenvalue weighted by Gasteiger charge is -2.13. The van der Waals surface area contributed by atoms with Crippen molar-refractivity contribution in [2.75, 3.05) is 13.3 Å². The molecule has 3 unspecified atom stereocenters. The van der Waals surface area contributed by atoms with E-state index < -0.39 is 20.9 Å². The summed E-state index contributed by atoms with van der Waals surface area (Å²) in [6.45, 7) is 4.54. The number of rotatable bonds is 6. The normalized spacial score (nSPS) is 13.4. The average Bonchev–Trinajstić information content (AvgIpc) is 2.52. The zero-order chi connectivity index (χ0) is 16.1. The lowest BCUT2D eigenvalue weighted by molar-refractivity contribution is 0.249. The third-order valence-electron chi connectivity index (χ3n) is 3.36. The molecule has 4 heteroatoms. The number of hydrogen-bond acceptors (Lipinski definition) is 2. The third kappa shape index (κ3) is 4.05. The second kappa shape index (κ2) is 7.70. The van der Waals surface area contributed by atoms with Crippen molar-refractivity contribution in [3.05, 3.63) is 59.7 Å². The van der Waals surface area contributed by atoms with Gasteiger partial charge in [-0.15, -0.1) is 0 Å². The van der Waals surface area contributed by atoms with E-state index in [-0.39, 0.29) is 0 Å². The highest BCUT2D eigenvalue weighted by atomic mass is 31.1. The number of benzene rings is 2. The quantitative estimate of drug-likeness (QED) is 0.811. The van der Waals surface area contributed by atoms with Gasteiger partial charge in [-0.25, -0.2) is 0 Å². The van der Waals surface area contributed by atoms with E-state index in [1.165, 1.54) is 0 Å². The van der Waals surface area contributed by atoms with Crippen molar-refractivity contribution in [1.82, 2.24) is 0 Å². The molecule has 2 aromatic rings. The maximum absolute atomic E-state index is 10.5. The van der Waals surface area contributed by atoms with Crippen molar-refractivity contribution >= 4 is 33.0 Å². The smallest absolute Gasteiger partial charge is 0.241 e. The Morgan fingerprint density at radius 3 is 2.32 bits per heavy atom. The lowest BCUT2D eigenvalue weighted by Crippen LogP contribution is -2.10. The summed E-state index contributed by atoms with van der Waals surface area (Å²) in [7, 11) is -1.29. The molecule has 22 heavy (non-hydrogen) atoms. The van der Waals surface area contributed by atoms with E-state index in [1.54, 1.807) is 0 Å². The van der Waals surface area contributed by atoms with Crippen molar-refractivity contribution in [3.63, 3.8) is 0 Å². The topological polar surface area (TPSA) is 29.5 Å². The van der Waals surface area contributed by atoms with E-state index in [0.717, 1.165) is 22.2 Å². The second-order valence-electron chi connectivity index (χ2n) is 5.30. The molecule has 0 aliphatic rings. The Hall–Kier alpha value is -1.46. The molecule has 2 rings (SSSR count). The molecular weight excluding hydrogens is 310 g/mol. The van der Waals surface area contributed by atoms with E-state index in [0.29, 0.717) is 6.61 Å². The van der Waals surface area contributed by atoms with E-state index in [9.17, 15) is 5.11 Å². The molecule has 2 aromatic carbocycles. The van der Waals surface area contributed by atoms with Gasteiger partial charge in [-0.05, 0) is 17.7 Å². The number of aliphatic hydroxyl groups is 1. The molecule has 2 nitrogen and oxygen atoms in total. The molecule has 0 aliphatic carbocycles.